The molecule has 0 spiro atoms. The van der Waals surface area contributed by atoms with Crippen molar-refractivity contribution in [3.63, 3.8) is 0 Å². The molecule has 0 aliphatic heterocycles. The number of carbonyl (C=O) groups excluding carboxylic acids is 3. The van der Waals surface area contributed by atoms with Crippen LogP contribution in [0.4, 0.5) is 11.4 Å². The highest BCUT2D eigenvalue weighted by Gasteiger charge is 2.31. The molecule has 3 amide bonds. The largest absolute Gasteiger partial charge is 0.370 e. The minimum Gasteiger partial charge on any atom is -0.370 e. The highest BCUT2D eigenvalue weighted by Crippen LogP contribution is 2.20. The van der Waals surface area contributed by atoms with Crippen molar-refractivity contribution >= 4 is 45.8 Å². The van der Waals surface area contributed by atoms with Crippen LogP contribution in [0.2, 0.25) is 0 Å². The molecule has 0 heterocycles. The standard InChI is InChI=1S/C28H35N7O3/c1-18(29)27(38)35(23-11-4-3-5-12-23)19(2)25(36)34-24(13-8-16-32-28(30)31)26(37)33-22-15-14-20-9-6-7-10-21(20)17-22/h3-7,9-12,14-15,17-19,24H,8,13,16,29H2,1-2H3,(H,33,37)(H,34,36)(H4,30,31,32). The van der Waals surface area contributed by atoms with Crippen molar-refractivity contribution in [1.82, 2.24) is 5.32 Å². The van der Waals surface area contributed by atoms with Crippen LogP contribution >= 0.6 is 0 Å². The molecule has 0 bridgehead atoms. The molecule has 3 unspecified atom stereocenters. The summed E-state index contributed by atoms with van der Waals surface area (Å²) in [6.45, 7) is 3.46. The lowest BCUT2D eigenvalue weighted by atomic mass is 10.1. The second-order valence-corrected chi connectivity index (χ2v) is 9.07. The summed E-state index contributed by atoms with van der Waals surface area (Å²) in [7, 11) is 0. The number of carbonyl (C=O) groups is 3. The Labute approximate surface area is 222 Å². The van der Waals surface area contributed by atoms with Crippen LogP contribution in [0.1, 0.15) is 26.7 Å². The van der Waals surface area contributed by atoms with Crippen LogP contribution in [0.25, 0.3) is 10.8 Å². The minimum atomic E-state index is -0.926. The molecule has 3 atom stereocenters. The number of nitrogens with one attached hydrogen (secondary N) is 2. The van der Waals surface area contributed by atoms with E-state index >= 15 is 0 Å². The number of benzene rings is 3. The molecule has 3 aromatic carbocycles. The Kier molecular flexibility index (Phi) is 9.78. The van der Waals surface area contributed by atoms with Crippen LogP contribution in [0, 0.1) is 0 Å². The van der Waals surface area contributed by atoms with E-state index in [1.54, 1.807) is 44.2 Å². The molecule has 0 aliphatic carbocycles. The molecular weight excluding hydrogens is 482 g/mol. The number of nitrogens with zero attached hydrogens (tertiary/aromatic N) is 2. The van der Waals surface area contributed by atoms with Crippen LogP contribution in [0.15, 0.2) is 77.8 Å². The zero-order valence-corrected chi connectivity index (χ0v) is 21.6. The summed E-state index contributed by atoms with van der Waals surface area (Å²) < 4.78 is 0. The van der Waals surface area contributed by atoms with Crippen LogP contribution in [0.5, 0.6) is 0 Å². The summed E-state index contributed by atoms with van der Waals surface area (Å²) in [5.74, 6) is -1.35. The van der Waals surface area contributed by atoms with Gasteiger partial charge in [-0.05, 0) is 61.7 Å². The number of amides is 3. The van der Waals surface area contributed by atoms with Gasteiger partial charge in [-0.3, -0.25) is 24.3 Å². The van der Waals surface area contributed by atoms with Gasteiger partial charge in [0.05, 0.1) is 6.04 Å². The SMILES string of the molecule is CC(N)C(=O)N(c1ccccc1)C(C)C(=O)NC(CCCN=C(N)N)C(=O)Nc1ccc2ccccc2c1. The van der Waals surface area contributed by atoms with E-state index in [2.05, 4.69) is 15.6 Å². The Bertz CT molecular complexity index is 1290. The maximum absolute atomic E-state index is 13.4. The van der Waals surface area contributed by atoms with E-state index in [1.165, 1.54) is 4.90 Å². The van der Waals surface area contributed by atoms with Crippen LogP contribution in [-0.2, 0) is 14.4 Å². The summed E-state index contributed by atoms with van der Waals surface area (Å²) >= 11 is 0. The second kappa shape index (κ2) is 13.2. The second-order valence-electron chi connectivity index (χ2n) is 9.07. The average Bonchev–Trinajstić information content (AvgIpc) is 2.90. The molecule has 0 saturated carbocycles. The first kappa shape index (κ1) is 28.1. The fourth-order valence-corrected chi connectivity index (χ4v) is 4.03. The van der Waals surface area contributed by atoms with Gasteiger partial charge in [0.25, 0.3) is 0 Å². The van der Waals surface area contributed by atoms with Crippen LogP contribution in [-0.4, -0.2) is 48.4 Å². The molecule has 0 aromatic heterocycles. The van der Waals surface area contributed by atoms with Gasteiger partial charge in [-0.1, -0.05) is 48.5 Å². The molecule has 0 saturated heterocycles. The quantitative estimate of drug-likeness (QED) is 0.148. The summed E-state index contributed by atoms with van der Waals surface area (Å²) in [6.07, 6.45) is 0.727. The highest BCUT2D eigenvalue weighted by molar-refractivity contribution is 6.04. The van der Waals surface area contributed by atoms with Crippen LogP contribution in [0.3, 0.4) is 0 Å². The lowest BCUT2D eigenvalue weighted by Crippen LogP contribution is -2.55. The number of nitrogens with two attached hydrogens (primary N) is 3. The number of fused-ring (bicyclic) bond motifs is 1. The lowest BCUT2D eigenvalue weighted by molar-refractivity contribution is -0.129. The van der Waals surface area contributed by atoms with Gasteiger partial charge < -0.3 is 27.8 Å². The lowest BCUT2D eigenvalue weighted by Gasteiger charge is -2.31. The fraction of sp³-hybridized carbons (Fsp3) is 0.286. The molecule has 3 rings (SSSR count). The number of hydrogen-bond acceptors (Lipinski definition) is 5. The first-order valence-corrected chi connectivity index (χ1v) is 12.5. The molecule has 38 heavy (non-hydrogen) atoms. The molecule has 200 valence electrons. The third kappa shape index (κ3) is 7.53. The van der Waals surface area contributed by atoms with Crippen molar-refractivity contribution in [2.45, 2.75) is 44.8 Å². The van der Waals surface area contributed by atoms with Crippen molar-refractivity contribution < 1.29 is 14.4 Å². The number of guanidine groups is 1. The summed E-state index contributed by atoms with van der Waals surface area (Å²) in [4.78, 5) is 44.9. The van der Waals surface area contributed by atoms with E-state index in [4.69, 9.17) is 17.2 Å². The number of para-hydroxylation sites is 1. The number of anilines is 2. The molecule has 0 aliphatic rings. The normalized spacial score (nSPS) is 13.1. The third-order valence-corrected chi connectivity index (χ3v) is 6.02. The Morgan fingerprint density at radius 1 is 0.895 bits per heavy atom. The number of aliphatic imine (C=N–C) groups is 1. The molecule has 10 nitrogen and oxygen atoms in total. The van der Waals surface area contributed by atoms with Crippen LogP contribution < -0.4 is 32.7 Å². The zero-order chi connectivity index (χ0) is 27.7. The summed E-state index contributed by atoms with van der Waals surface area (Å²) in [5, 5.41) is 7.72. The molecular formula is C28H35N7O3. The Morgan fingerprint density at radius 3 is 2.21 bits per heavy atom. The van der Waals surface area contributed by atoms with Crippen molar-refractivity contribution in [3.05, 3.63) is 72.8 Å². The number of rotatable bonds is 11. The molecule has 10 heteroatoms. The topological polar surface area (TPSA) is 169 Å². The molecule has 8 N–H and O–H groups in total. The van der Waals surface area contributed by atoms with E-state index < -0.39 is 35.8 Å². The molecule has 3 aromatic rings. The smallest absolute Gasteiger partial charge is 0.246 e. The molecule has 0 radical (unpaired) electrons. The summed E-state index contributed by atoms with van der Waals surface area (Å²) in [5.41, 5.74) is 17.8. The van der Waals surface area contributed by atoms with Gasteiger partial charge in [0.2, 0.25) is 17.7 Å². The van der Waals surface area contributed by atoms with Gasteiger partial charge in [-0.15, -0.1) is 0 Å². The van der Waals surface area contributed by atoms with E-state index in [0.717, 1.165) is 10.8 Å². The first-order valence-electron chi connectivity index (χ1n) is 12.5. The Hall–Kier alpha value is -4.44. The first-order chi connectivity index (χ1) is 18.2. The zero-order valence-electron chi connectivity index (χ0n) is 21.6. The fourth-order valence-electron chi connectivity index (χ4n) is 4.03. The third-order valence-electron chi connectivity index (χ3n) is 6.02. The van der Waals surface area contributed by atoms with Gasteiger partial charge in [0.15, 0.2) is 5.96 Å². The van der Waals surface area contributed by atoms with Gasteiger partial charge in [-0.2, -0.15) is 0 Å². The predicted molar refractivity (Wildman–Crippen MR) is 151 cm³/mol. The average molecular weight is 518 g/mol. The maximum atomic E-state index is 13.4. The van der Waals surface area contributed by atoms with E-state index in [9.17, 15) is 14.4 Å². The van der Waals surface area contributed by atoms with Gasteiger partial charge in [0.1, 0.15) is 12.1 Å². The van der Waals surface area contributed by atoms with E-state index in [-0.39, 0.29) is 12.4 Å². The predicted octanol–water partition coefficient (Wildman–Crippen LogP) is 2.09. The highest BCUT2D eigenvalue weighted by atomic mass is 16.2. The number of hydrogen-bond donors (Lipinski definition) is 5. The van der Waals surface area contributed by atoms with Crippen molar-refractivity contribution in [1.29, 1.82) is 0 Å². The monoisotopic (exact) mass is 517 g/mol. The summed E-state index contributed by atoms with van der Waals surface area (Å²) in [6, 6.07) is 19.5. The van der Waals surface area contributed by atoms with Crippen molar-refractivity contribution in [2.75, 3.05) is 16.8 Å². The molecule has 0 fully saturated rings. The van der Waals surface area contributed by atoms with Crippen molar-refractivity contribution in [3.8, 4) is 0 Å². The maximum Gasteiger partial charge on any atom is 0.246 e. The minimum absolute atomic E-state index is 0.0484. The van der Waals surface area contributed by atoms with E-state index in [0.29, 0.717) is 24.3 Å². The van der Waals surface area contributed by atoms with Gasteiger partial charge >= 0.3 is 0 Å². The Morgan fingerprint density at radius 2 is 1.55 bits per heavy atom. The van der Waals surface area contributed by atoms with Gasteiger partial charge in [0, 0.05) is 17.9 Å². The van der Waals surface area contributed by atoms with E-state index in [1.807, 2.05) is 42.5 Å². The Balaban J connectivity index is 1.80. The van der Waals surface area contributed by atoms with Crippen molar-refractivity contribution in [2.24, 2.45) is 22.2 Å². The van der Waals surface area contributed by atoms with Gasteiger partial charge in [-0.25, -0.2) is 0 Å².